The van der Waals surface area contributed by atoms with Gasteiger partial charge >= 0.3 is 11.9 Å². The molecule has 112 valence electrons. The molecule has 0 saturated carbocycles. The van der Waals surface area contributed by atoms with Crippen LogP contribution in [0.4, 0.5) is 0 Å². The number of aliphatic carboxylic acids is 1. The van der Waals surface area contributed by atoms with E-state index in [2.05, 4.69) is 6.58 Å². The Morgan fingerprint density at radius 2 is 2.05 bits per heavy atom. The van der Waals surface area contributed by atoms with Crippen LogP contribution in [-0.2, 0) is 19.1 Å². The molecule has 0 amide bonds. The summed E-state index contributed by atoms with van der Waals surface area (Å²) in [5.41, 5.74) is 1.33. The van der Waals surface area contributed by atoms with Crippen LogP contribution in [0.25, 0.3) is 6.08 Å². The highest BCUT2D eigenvalue weighted by Crippen LogP contribution is 2.09. The molecule has 1 fully saturated rings. The van der Waals surface area contributed by atoms with Crippen molar-refractivity contribution in [2.24, 2.45) is 0 Å². The molecule has 0 aromatic heterocycles. The van der Waals surface area contributed by atoms with Gasteiger partial charge in [0.1, 0.15) is 12.7 Å². The lowest BCUT2D eigenvalue weighted by Crippen LogP contribution is -2.09. The molecule has 5 heteroatoms. The van der Waals surface area contributed by atoms with Crippen LogP contribution in [0.3, 0.4) is 0 Å². The van der Waals surface area contributed by atoms with E-state index in [1.54, 1.807) is 13.0 Å². The van der Waals surface area contributed by atoms with Gasteiger partial charge in [-0.05, 0) is 18.6 Å². The molecule has 0 aliphatic carbocycles. The monoisotopic (exact) mass is 290 g/mol. The molecular formula is C16H18O5. The fourth-order valence-electron chi connectivity index (χ4n) is 1.19. The summed E-state index contributed by atoms with van der Waals surface area (Å²) < 4.78 is 9.60. The van der Waals surface area contributed by atoms with E-state index in [0.717, 1.165) is 11.6 Å². The Hall–Kier alpha value is -2.40. The quantitative estimate of drug-likeness (QED) is 0.511. The third-order valence-corrected chi connectivity index (χ3v) is 2.37. The van der Waals surface area contributed by atoms with Crippen molar-refractivity contribution in [1.82, 2.24) is 0 Å². The van der Waals surface area contributed by atoms with Crippen LogP contribution in [0, 0.1) is 0 Å². The standard InChI is InChI=1S/C9H8O2.C7H10O3/c10-9(11)7-6-8-4-2-1-3-5-8;1-5(2)7(8)10-4-6-3-9-6/h1-7H,(H,10,11);6H,1,3-4H2,2H3. The number of benzene rings is 1. The van der Waals surface area contributed by atoms with E-state index >= 15 is 0 Å². The topological polar surface area (TPSA) is 76.1 Å². The van der Waals surface area contributed by atoms with Gasteiger partial charge in [-0.25, -0.2) is 9.59 Å². The highest BCUT2D eigenvalue weighted by molar-refractivity contribution is 5.87. The second-order valence-electron chi connectivity index (χ2n) is 4.42. The maximum Gasteiger partial charge on any atom is 0.333 e. The minimum absolute atomic E-state index is 0.142. The number of ether oxygens (including phenoxy) is 2. The zero-order valence-corrected chi connectivity index (χ0v) is 11.8. The van der Waals surface area contributed by atoms with Crippen LogP contribution < -0.4 is 0 Å². The molecule has 1 atom stereocenters. The Morgan fingerprint density at radius 1 is 1.43 bits per heavy atom. The zero-order chi connectivity index (χ0) is 15.7. The zero-order valence-electron chi connectivity index (χ0n) is 11.8. The van der Waals surface area contributed by atoms with E-state index in [9.17, 15) is 9.59 Å². The second-order valence-corrected chi connectivity index (χ2v) is 4.42. The summed E-state index contributed by atoms with van der Waals surface area (Å²) in [4.78, 5) is 20.8. The number of carbonyl (C=O) groups is 2. The smallest absolute Gasteiger partial charge is 0.333 e. The summed E-state index contributed by atoms with van der Waals surface area (Å²) in [5.74, 6) is -1.26. The van der Waals surface area contributed by atoms with Gasteiger partial charge in [0.25, 0.3) is 0 Å². The molecule has 0 bridgehead atoms. The van der Waals surface area contributed by atoms with Gasteiger partial charge in [-0.1, -0.05) is 36.9 Å². The van der Waals surface area contributed by atoms with E-state index in [4.69, 9.17) is 14.6 Å². The molecule has 2 rings (SSSR count). The number of hydrogen-bond donors (Lipinski definition) is 1. The molecule has 0 radical (unpaired) electrons. The number of rotatable bonds is 5. The van der Waals surface area contributed by atoms with Gasteiger partial charge in [0.15, 0.2) is 0 Å². The largest absolute Gasteiger partial charge is 0.478 e. The van der Waals surface area contributed by atoms with Gasteiger partial charge in [-0.2, -0.15) is 0 Å². The number of carbonyl (C=O) groups excluding carboxylic acids is 1. The molecule has 1 saturated heterocycles. The lowest BCUT2D eigenvalue weighted by atomic mass is 10.2. The van der Waals surface area contributed by atoms with Crippen molar-refractivity contribution in [3.63, 3.8) is 0 Å². The maximum absolute atomic E-state index is 10.7. The average molecular weight is 290 g/mol. The summed E-state index contributed by atoms with van der Waals surface area (Å²) >= 11 is 0. The highest BCUT2D eigenvalue weighted by atomic mass is 16.6. The first-order valence-corrected chi connectivity index (χ1v) is 6.39. The van der Waals surface area contributed by atoms with Crippen LogP contribution in [0.15, 0.2) is 48.6 Å². The van der Waals surface area contributed by atoms with Gasteiger partial charge in [0.05, 0.1) is 6.61 Å². The fraction of sp³-hybridized carbons (Fsp3) is 0.250. The molecule has 1 aliphatic rings. The average Bonchev–Trinajstić information content (AvgIpc) is 3.28. The normalized spacial score (nSPS) is 15.8. The Kier molecular flexibility index (Phi) is 6.91. The number of carboxylic acids is 1. The molecule has 1 aromatic rings. The van der Waals surface area contributed by atoms with E-state index in [0.29, 0.717) is 18.8 Å². The molecule has 0 spiro atoms. The Bertz CT molecular complexity index is 515. The highest BCUT2D eigenvalue weighted by Gasteiger charge is 2.24. The van der Waals surface area contributed by atoms with Crippen LogP contribution in [0.5, 0.6) is 0 Å². The number of carboxylic acid groups (broad SMARTS) is 1. The predicted molar refractivity (Wildman–Crippen MR) is 78.6 cm³/mol. The Labute approximate surface area is 123 Å². The first-order valence-electron chi connectivity index (χ1n) is 6.39. The van der Waals surface area contributed by atoms with Gasteiger partial charge in [0, 0.05) is 11.6 Å². The Morgan fingerprint density at radius 3 is 2.52 bits per heavy atom. The molecule has 5 nitrogen and oxygen atoms in total. The van der Waals surface area contributed by atoms with E-state index < -0.39 is 5.97 Å². The number of hydrogen-bond acceptors (Lipinski definition) is 4. The maximum atomic E-state index is 10.7. The van der Waals surface area contributed by atoms with Crippen molar-refractivity contribution in [3.8, 4) is 0 Å². The van der Waals surface area contributed by atoms with Crippen LogP contribution in [-0.4, -0.2) is 36.4 Å². The van der Waals surface area contributed by atoms with Gasteiger partial charge in [-0.3, -0.25) is 0 Å². The minimum Gasteiger partial charge on any atom is -0.478 e. The summed E-state index contributed by atoms with van der Waals surface area (Å²) in [6.07, 6.45) is 2.82. The summed E-state index contributed by atoms with van der Waals surface area (Å²) in [5, 5.41) is 8.29. The van der Waals surface area contributed by atoms with Crippen molar-refractivity contribution in [3.05, 3.63) is 54.1 Å². The summed E-state index contributed by atoms with van der Waals surface area (Å²) in [7, 11) is 0. The van der Waals surface area contributed by atoms with Crippen LogP contribution in [0.2, 0.25) is 0 Å². The van der Waals surface area contributed by atoms with E-state index in [1.807, 2.05) is 30.3 Å². The molecule has 1 N–H and O–H groups in total. The summed E-state index contributed by atoms with van der Waals surface area (Å²) in [6, 6.07) is 9.31. The Balaban J connectivity index is 0.000000211. The molecule has 1 aromatic carbocycles. The van der Waals surface area contributed by atoms with E-state index in [-0.39, 0.29) is 12.1 Å². The van der Waals surface area contributed by atoms with Crippen molar-refractivity contribution in [1.29, 1.82) is 0 Å². The second kappa shape index (κ2) is 8.71. The van der Waals surface area contributed by atoms with Crippen molar-refractivity contribution in [2.75, 3.05) is 13.2 Å². The van der Waals surface area contributed by atoms with Crippen LogP contribution >= 0.6 is 0 Å². The van der Waals surface area contributed by atoms with Crippen molar-refractivity contribution < 1.29 is 24.2 Å². The molecule has 1 unspecified atom stereocenters. The molecule has 21 heavy (non-hydrogen) atoms. The lowest BCUT2D eigenvalue weighted by molar-refractivity contribution is -0.139. The molecule has 1 aliphatic heterocycles. The van der Waals surface area contributed by atoms with Gasteiger partial charge in [0.2, 0.25) is 0 Å². The summed E-state index contributed by atoms with van der Waals surface area (Å²) in [6.45, 7) is 6.14. The fourth-order valence-corrected chi connectivity index (χ4v) is 1.19. The first-order chi connectivity index (χ1) is 9.99. The van der Waals surface area contributed by atoms with Crippen molar-refractivity contribution in [2.45, 2.75) is 13.0 Å². The number of esters is 1. The molecular weight excluding hydrogens is 272 g/mol. The van der Waals surface area contributed by atoms with Gasteiger partial charge in [-0.15, -0.1) is 0 Å². The number of epoxide rings is 1. The third kappa shape index (κ3) is 8.39. The predicted octanol–water partition coefficient (Wildman–Crippen LogP) is 2.29. The first kappa shape index (κ1) is 16.7. The SMILES string of the molecule is C=C(C)C(=O)OCC1CO1.O=C(O)C=Cc1ccccc1. The minimum atomic E-state index is -0.922. The van der Waals surface area contributed by atoms with E-state index in [1.165, 1.54) is 0 Å². The van der Waals surface area contributed by atoms with Crippen LogP contribution in [0.1, 0.15) is 12.5 Å². The molecule has 1 heterocycles. The third-order valence-electron chi connectivity index (χ3n) is 2.37. The van der Waals surface area contributed by atoms with Gasteiger partial charge < -0.3 is 14.6 Å². The lowest BCUT2D eigenvalue weighted by Gasteiger charge is -1.99. The van der Waals surface area contributed by atoms with Crippen molar-refractivity contribution >= 4 is 18.0 Å².